The number of aromatic nitrogens is 2. The quantitative estimate of drug-likeness (QED) is 0.515. The number of aryl methyl sites for hydroxylation is 2. The van der Waals surface area contributed by atoms with Crippen molar-refractivity contribution in [3.63, 3.8) is 0 Å². The van der Waals surface area contributed by atoms with Crippen molar-refractivity contribution in [3.05, 3.63) is 43.6 Å². The first-order valence-electron chi connectivity index (χ1n) is 6.39. The maximum atomic E-state index is 11.9. The van der Waals surface area contributed by atoms with Crippen LogP contribution >= 0.6 is 31.9 Å². The Hall–Kier alpha value is -1.67. The van der Waals surface area contributed by atoms with Gasteiger partial charge in [0.25, 0.3) is 0 Å². The highest BCUT2D eigenvalue weighted by molar-refractivity contribution is 9.11. The number of nitrogens with zero attached hydrogens (tertiary/aromatic N) is 2. The molecule has 0 unspecified atom stereocenters. The number of carbonyl (C=O) groups is 1. The summed E-state index contributed by atoms with van der Waals surface area (Å²) in [7, 11) is 0. The van der Waals surface area contributed by atoms with Gasteiger partial charge in [-0.1, -0.05) is 15.9 Å². The van der Waals surface area contributed by atoms with Crippen molar-refractivity contribution >= 4 is 44.0 Å². The summed E-state index contributed by atoms with van der Waals surface area (Å²) in [5.74, 6) is -0.194. The van der Waals surface area contributed by atoms with Gasteiger partial charge in [0.1, 0.15) is 5.75 Å². The third kappa shape index (κ3) is 3.95. The molecule has 1 amide bonds. The average Bonchev–Trinajstić information content (AvgIpc) is 2.76. The number of hydrogen-bond donors (Lipinski definition) is 3. The summed E-state index contributed by atoms with van der Waals surface area (Å²) >= 11 is 6.56. The van der Waals surface area contributed by atoms with Crippen LogP contribution in [0.5, 0.6) is 5.75 Å². The number of phenols is 1. The SMILES string of the molecule is Cc1n[nH]c(C)c1CC(=O)N/N=C\c1cc(Br)cc(Br)c1O. The molecule has 0 fully saturated rings. The zero-order valence-electron chi connectivity index (χ0n) is 11.9. The minimum absolute atomic E-state index is 0.0581. The summed E-state index contributed by atoms with van der Waals surface area (Å²) in [5.41, 5.74) is 5.44. The largest absolute Gasteiger partial charge is 0.506 e. The van der Waals surface area contributed by atoms with Crippen LogP contribution in [0.3, 0.4) is 0 Å². The Kier molecular flexibility index (Phi) is 5.36. The molecule has 0 aliphatic carbocycles. The molecule has 1 aromatic carbocycles. The van der Waals surface area contributed by atoms with Gasteiger partial charge in [-0.2, -0.15) is 10.2 Å². The van der Waals surface area contributed by atoms with Gasteiger partial charge >= 0.3 is 0 Å². The second kappa shape index (κ2) is 7.06. The Labute approximate surface area is 144 Å². The predicted octanol–water partition coefficient (Wildman–Crippen LogP) is 2.95. The fourth-order valence-electron chi connectivity index (χ4n) is 1.89. The molecule has 0 aliphatic heterocycles. The highest BCUT2D eigenvalue weighted by Gasteiger charge is 2.11. The molecule has 8 heteroatoms. The number of hydrazone groups is 1. The molecule has 0 aliphatic rings. The first-order chi connectivity index (χ1) is 10.4. The van der Waals surface area contributed by atoms with Crippen molar-refractivity contribution in [1.82, 2.24) is 15.6 Å². The number of aromatic hydroxyl groups is 1. The fourth-order valence-corrected chi connectivity index (χ4v) is 3.15. The van der Waals surface area contributed by atoms with E-state index in [1.807, 2.05) is 13.8 Å². The van der Waals surface area contributed by atoms with Gasteiger partial charge in [0.05, 0.1) is 22.8 Å². The Morgan fingerprint density at radius 2 is 2.18 bits per heavy atom. The zero-order chi connectivity index (χ0) is 16.3. The van der Waals surface area contributed by atoms with Crippen LogP contribution in [0, 0.1) is 13.8 Å². The van der Waals surface area contributed by atoms with Crippen LogP contribution in [0.1, 0.15) is 22.5 Å². The van der Waals surface area contributed by atoms with Crippen LogP contribution in [0.25, 0.3) is 0 Å². The number of H-pyrrole nitrogens is 1. The van der Waals surface area contributed by atoms with E-state index in [4.69, 9.17) is 0 Å². The maximum Gasteiger partial charge on any atom is 0.244 e. The summed E-state index contributed by atoms with van der Waals surface area (Å²) in [6, 6.07) is 3.41. The first-order valence-corrected chi connectivity index (χ1v) is 7.97. The number of rotatable bonds is 4. The number of halogens is 2. The Morgan fingerprint density at radius 3 is 2.82 bits per heavy atom. The fraction of sp³-hybridized carbons (Fsp3) is 0.214. The lowest BCUT2D eigenvalue weighted by Gasteiger charge is -2.03. The number of aromatic amines is 1. The topological polar surface area (TPSA) is 90.4 Å². The highest BCUT2D eigenvalue weighted by Crippen LogP contribution is 2.30. The Morgan fingerprint density at radius 1 is 1.45 bits per heavy atom. The van der Waals surface area contributed by atoms with Crippen molar-refractivity contribution in [2.24, 2.45) is 5.10 Å². The van der Waals surface area contributed by atoms with E-state index in [0.29, 0.717) is 10.0 Å². The van der Waals surface area contributed by atoms with Gasteiger partial charge in [0, 0.05) is 21.3 Å². The van der Waals surface area contributed by atoms with Gasteiger partial charge in [0.15, 0.2) is 0 Å². The smallest absolute Gasteiger partial charge is 0.244 e. The van der Waals surface area contributed by atoms with Crippen molar-refractivity contribution in [1.29, 1.82) is 0 Å². The van der Waals surface area contributed by atoms with Gasteiger partial charge < -0.3 is 5.11 Å². The van der Waals surface area contributed by atoms with E-state index in [1.54, 1.807) is 12.1 Å². The molecule has 2 rings (SSSR count). The molecular weight excluding hydrogens is 416 g/mol. The number of phenolic OH excluding ortho intramolecular Hbond substituents is 1. The Balaban J connectivity index is 2.02. The third-order valence-electron chi connectivity index (χ3n) is 3.07. The standard InChI is InChI=1S/C14H14Br2N4O2/c1-7-11(8(2)19-18-7)5-13(21)20-17-6-9-3-10(15)4-12(16)14(9)22/h3-4,6,22H,5H2,1-2H3,(H,18,19)(H,20,21)/b17-6-. The summed E-state index contributed by atoms with van der Waals surface area (Å²) in [4.78, 5) is 11.9. The van der Waals surface area contributed by atoms with Crippen LogP contribution in [0.2, 0.25) is 0 Å². The third-order valence-corrected chi connectivity index (χ3v) is 4.13. The van der Waals surface area contributed by atoms with Crippen molar-refractivity contribution in [2.45, 2.75) is 20.3 Å². The molecule has 0 saturated carbocycles. The van der Waals surface area contributed by atoms with Crippen LogP contribution in [0.15, 0.2) is 26.2 Å². The molecule has 1 heterocycles. The highest BCUT2D eigenvalue weighted by atomic mass is 79.9. The number of benzene rings is 1. The van der Waals surface area contributed by atoms with Crippen LogP contribution in [-0.4, -0.2) is 27.4 Å². The van der Waals surface area contributed by atoms with Gasteiger partial charge in [-0.3, -0.25) is 9.89 Å². The molecule has 116 valence electrons. The average molecular weight is 430 g/mol. The van der Waals surface area contributed by atoms with E-state index in [1.165, 1.54) is 6.21 Å². The maximum absolute atomic E-state index is 11.9. The van der Waals surface area contributed by atoms with Crippen molar-refractivity contribution < 1.29 is 9.90 Å². The van der Waals surface area contributed by atoms with Crippen LogP contribution in [-0.2, 0) is 11.2 Å². The second-order valence-electron chi connectivity index (χ2n) is 4.71. The number of hydrogen-bond acceptors (Lipinski definition) is 4. The van der Waals surface area contributed by atoms with Crippen LogP contribution in [0.4, 0.5) is 0 Å². The number of carbonyl (C=O) groups excluding carboxylic acids is 1. The lowest BCUT2D eigenvalue weighted by atomic mass is 10.1. The molecule has 3 N–H and O–H groups in total. The van der Waals surface area contributed by atoms with Gasteiger partial charge in [-0.25, -0.2) is 5.43 Å². The summed E-state index contributed by atoms with van der Waals surface area (Å²) < 4.78 is 1.33. The van der Waals surface area contributed by atoms with Crippen molar-refractivity contribution in [2.75, 3.05) is 0 Å². The van der Waals surface area contributed by atoms with Gasteiger partial charge in [-0.05, 0) is 41.9 Å². The minimum atomic E-state index is -0.252. The molecule has 6 nitrogen and oxygen atoms in total. The molecule has 0 atom stereocenters. The number of amides is 1. The van der Waals surface area contributed by atoms with E-state index < -0.39 is 0 Å². The van der Waals surface area contributed by atoms with E-state index >= 15 is 0 Å². The van der Waals surface area contributed by atoms with Gasteiger partial charge in [0.2, 0.25) is 5.91 Å². The lowest BCUT2D eigenvalue weighted by molar-refractivity contribution is -0.120. The van der Waals surface area contributed by atoms with E-state index in [-0.39, 0.29) is 18.1 Å². The molecule has 0 bridgehead atoms. The molecule has 1 aromatic heterocycles. The predicted molar refractivity (Wildman–Crippen MR) is 91.0 cm³/mol. The van der Waals surface area contributed by atoms with Gasteiger partial charge in [-0.15, -0.1) is 0 Å². The second-order valence-corrected chi connectivity index (χ2v) is 6.48. The molecule has 0 saturated heterocycles. The molecular formula is C14H14Br2N4O2. The van der Waals surface area contributed by atoms with Crippen molar-refractivity contribution in [3.8, 4) is 5.75 Å². The summed E-state index contributed by atoms with van der Waals surface area (Å²) in [6.07, 6.45) is 1.58. The minimum Gasteiger partial charge on any atom is -0.506 e. The molecule has 2 aromatic rings. The molecule has 0 spiro atoms. The molecule has 0 radical (unpaired) electrons. The van der Waals surface area contributed by atoms with E-state index in [9.17, 15) is 9.90 Å². The summed E-state index contributed by atoms with van der Waals surface area (Å²) in [6.45, 7) is 3.70. The normalized spacial score (nSPS) is 11.1. The summed E-state index contributed by atoms with van der Waals surface area (Å²) in [5, 5.41) is 20.6. The van der Waals surface area contributed by atoms with E-state index in [0.717, 1.165) is 21.4 Å². The zero-order valence-corrected chi connectivity index (χ0v) is 15.1. The Bertz CT molecular complexity index is 721. The number of nitrogens with one attached hydrogen (secondary N) is 2. The first kappa shape index (κ1) is 16.7. The molecule has 22 heavy (non-hydrogen) atoms. The van der Waals surface area contributed by atoms with Crippen LogP contribution < -0.4 is 5.43 Å². The van der Waals surface area contributed by atoms with E-state index in [2.05, 4.69) is 52.6 Å². The lowest BCUT2D eigenvalue weighted by Crippen LogP contribution is -2.20. The monoisotopic (exact) mass is 428 g/mol.